The average Bonchev–Trinajstić information content (AvgIpc) is 3.10. The van der Waals surface area contributed by atoms with Gasteiger partial charge in [-0.15, -0.1) is 0 Å². The number of aryl methyl sites for hydroxylation is 1. The number of nitrogens with one attached hydrogen (secondary N) is 3. The van der Waals surface area contributed by atoms with Crippen molar-refractivity contribution >= 4 is 11.9 Å². The van der Waals surface area contributed by atoms with Gasteiger partial charge in [-0.25, -0.2) is 0 Å². The quantitative estimate of drug-likeness (QED) is 0.478. The number of methoxy groups -OCH3 is 2. The number of hydrogen-bond acceptors (Lipinski definition) is 5. The minimum absolute atomic E-state index is 0.0245. The zero-order valence-corrected chi connectivity index (χ0v) is 21.1. The van der Waals surface area contributed by atoms with Crippen molar-refractivity contribution in [2.75, 3.05) is 21.3 Å². The highest BCUT2D eigenvalue weighted by Gasteiger charge is 2.49. The largest absolute Gasteiger partial charge is 0.497 e. The summed E-state index contributed by atoms with van der Waals surface area (Å²) in [5, 5.41) is 15.3. The van der Waals surface area contributed by atoms with E-state index in [0.717, 1.165) is 62.1 Å². The SMILES string of the molecule is COc1ccc(CN[C@@H]2CCC[C@H](C[C@@]3(CCc4ccccc4)NC(=N)N(C)C3=O)C2)c(OC)c1. The molecule has 1 heterocycles. The molecule has 0 aromatic heterocycles. The van der Waals surface area contributed by atoms with Crippen LogP contribution in [-0.2, 0) is 17.8 Å². The summed E-state index contributed by atoms with van der Waals surface area (Å²) >= 11 is 0. The smallest absolute Gasteiger partial charge is 0.254 e. The second-order valence-electron chi connectivity index (χ2n) is 9.90. The zero-order valence-electron chi connectivity index (χ0n) is 21.1. The van der Waals surface area contributed by atoms with E-state index in [4.69, 9.17) is 14.9 Å². The van der Waals surface area contributed by atoms with E-state index in [2.05, 4.69) is 22.8 Å². The van der Waals surface area contributed by atoms with Crippen LogP contribution in [0.25, 0.3) is 0 Å². The highest BCUT2D eigenvalue weighted by Crippen LogP contribution is 2.36. The van der Waals surface area contributed by atoms with Crippen LogP contribution in [0.5, 0.6) is 11.5 Å². The monoisotopic (exact) mass is 478 g/mol. The van der Waals surface area contributed by atoms with Gasteiger partial charge in [0.1, 0.15) is 17.0 Å². The third-order valence-electron chi connectivity index (χ3n) is 7.59. The molecule has 7 nitrogen and oxygen atoms in total. The van der Waals surface area contributed by atoms with Crippen LogP contribution >= 0.6 is 0 Å². The summed E-state index contributed by atoms with van der Waals surface area (Å²) in [5.74, 6) is 2.27. The summed E-state index contributed by atoms with van der Waals surface area (Å²) in [6.45, 7) is 0.730. The van der Waals surface area contributed by atoms with Crippen molar-refractivity contribution in [2.45, 2.75) is 63.1 Å². The summed E-state index contributed by atoms with van der Waals surface area (Å²) in [6, 6.07) is 16.6. The molecule has 0 bridgehead atoms. The van der Waals surface area contributed by atoms with Crippen LogP contribution in [0.4, 0.5) is 0 Å². The Hall–Kier alpha value is -3.06. The number of hydrogen-bond donors (Lipinski definition) is 3. The average molecular weight is 479 g/mol. The molecule has 3 atom stereocenters. The van der Waals surface area contributed by atoms with Gasteiger partial charge in [-0.3, -0.25) is 15.1 Å². The molecule has 1 aliphatic carbocycles. The molecule has 35 heavy (non-hydrogen) atoms. The molecule has 188 valence electrons. The lowest BCUT2D eigenvalue weighted by Gasteiger charge is -2.36. The fraction of sp³-hybridized carbons (Fsp3) is 0.500. The summed E-state index contributed by atoms with van der Waals surface area (Å²) in [4.78, 5) is 14.8. The number of carbonyl (C=O) groups is 1. The molecule has 0 spiro atoms. The number of guanidine groups is 1. The van der Waals surface area contributed by atoms with Gasteiger partial charge in [-0.05, 0) is 49.7 Å². The molecule has 1 amide bonds. The van der Waals surface area contributed by atoms with Gasteiger partial charge in [0.05, 0.1) is 14.2 Å². The van der Waals surface area contributed by atoms with Gasteiger partial charge in [0, 0.05) is 31.3 Å². The highest BCUT2D eigenvalue weighted by molar-refractivity contribution is 6.07. The first kappa shape index (κ1) is 25.0. The van der Waals surface area contributed by atoms with Gasteiger partial charge in [0.2, 0.25) is 0 Å². The van der Waals surface area contributed by atoms with E-state index in [9.17, 15) is 4.79 Å². The van der Waals surface area contributed by atoms with Crippen LogP contribution in [0.15, 0.2) is 48.5 Å². The van der Waals surface area contributed by atoms with Gasteiger partial charge >= 0.3 is 0 Å². The molecule has 2 aromatic rings. The number of rotatable bonds is 10. The molecule has 0 unspecified atom stereocenters. The van der Waals surface area contributed by atoms with E-state index in [0.29, 0.717) is 18.4 Å². The minimum Gasteiger partial charge on any atom is -0.497 e. The van der Waals surface area contributed by atoms with Gasteiger partial charge in [0.15, 0.2) is 5.96 Å². The summed E-state index contributed by atoms with van der Waals surface area (Å²) in [5.41, 5.74) is 1.63. The topological polar surface area (TPSA) is 86.7 Å². The molecule has 2 aliphatic rings. The Morgan fingerprint density at radius 2 is 1.94 bits per heavy atom. The maximum atomic E-state index is 13.3. The Morgan fingerprint density at radius 3 is 2.63 bits per heavy atom. The van der Waals surface area contributed by atoms with E-state index in [1.165, 1.54) is 10.5 Å². The van der Waals surface area contributed by atoms with Gasteiger partial charge in [0.25, 0.3) is 5.91 Å². The van der Waals surface area contributed by atoms with E-state index >= 15 is 0 Å². The molecular weight excluding hydrogens is 440 g/mol. The van der Waals surface area contributed by atoms with Crippen LogP contribution in [0.1, 0.15) is 49.7 Å². The summed E-state index contributed by atoms with van der Waals surface area (Å²) < 4.78 is 10.9. The molecule has 1 saturated carbocycles. The van der Waals surface area contributed by atoms with Gasteiger partial charge < -0.3 is 20.1 Å². The van der Waals surface area contributed by atoms with Crippen LogP contribution in [-0.4, -0.2) is 49.6 Å². The van der Waals surface area contributed by atoms with Gasteiger partial charge in [-0.1, -0.05) is 49.2 Å². The molecule has 3 N–H and O–H groups in total. The fourth-order valence-corrected chi connectivity index (χ4v) is 5.61. The molecule has 1 saturated heterocycles. The number of amides is 1. The van der Waals surface area contributed by atoms with Crippen LogP contribution in [0, 0.1) is 11.3 Å². The van der Waals surface area contributed by atoms with Crippen LogP contribution in [0.3, 0.4) is 0 Å². The van der Waals surface area contributed by atoms with E-state index in [1.807, 2.05) is 36.4 Å². The first-order valence-corrected chi connectivity index (χ1v) is 12.6. The van der Waals surface area contributed by atoms with Crippen LogP contribution in [0.2, 0.25) is 0 Å². The molecule has 4 rings (SSSR count). The first-order valence-electron chi connectivity index (χ1n) is 12.6. The molecular formula is C28H38N4O3. The van der Waals surface area contributed by atoms with Crippen molar-refractivity contribution in [2.24, 2.45) is 5.92 Å². The number of likely N-dealkylation sites (N-methyl/N-ethyl adjacent to an activating group) is 1. The van der Waals surface area contributed by atoms with E-state index in [1.54, 1.807) is 21.3 Å². The normalized spacial score (nSPS) is 24.4. The maximum Gasteiger partial charge on any atom is 0.254 e. The predicted octanol–water partition coefficient (Wildman–Crippen LogP) is 4.11. The molecule has 7 heteroatoms. The van der Waals surface area contributed by atoms with Crippen molar-refractivity contribution in [3.05, 3.63) is 59.7 Å². The molecule has 1 aliphatic heterocycles. The van der Waals surface area contributed by atoms with Crippen molar-refractivity contribution in [3.63, 3.8) is 0 Å². The standard InChI is InChI=1S/C28H38N4O3/c1-32-26(33)28(31-27(32)29,15-14-20-8-5-4-6-9-20)18-21-10-7-11-23(16-21)30-19-22-12-13-24(34-2)17-25(22)35-3/h4-6,8-9,12-13,17,21,23,30H,7,10-11,14-16,18-19H2,1-3H3,(H2,29,31)/t21-,23+,28+/m0/s1. The number of nitrogens with zero attached hydrogens (tertiary/aromatic N) is 1. The van der Waals surface area contributed by atoms with Crippen LogP contribution < -0.4 is 20.1 Å². The lowest BCUT2D eigenvalue weighted by Crippen LogP contribution is -2.50. The Morgan fingerprint density at radius 1 is 1.14 bits per heavy atom. The Bertz CT molecular complexity index is 1030. The highest BCUT2D eigenvalue weighted by atomic mass is 16.5. The van der Waals surface area contributed by atoms with Crippen molar-refractivity contribution < 1.29 is 14.3 Å². The maximum absolute atomic E-state index is 13.3. The lowest BCUT2D eigenvalue weighted by molar-refractivity contribution is -0.131. The third kappa shape index (κ3) is 5.78. The second kappa shape index (κ2) is 11.1. The lowest BCUT2D eigenvalue weighted by atomic mass is 9.75. The first-order chi connectivity index (χ1) is 16.9. The third-order valence-corrected chi connectivity index (χ3v) is 7.59. The molecule has 0 radical (unpaired) electrons. The summed E-state index contributed by atoms with van der Waals surface area (Å²) in [7, 11) is 5.05. The number of benzene rings is 2. The molecule has 2 fully saturated rings. The van der Waals surface area contributed by atoms with Gasteiger partial charge in [-0.2, -0.15) is 0 Å². The second-order valence-corrected chi connectivity index (χ2v) is 9.90. The van der Waals surface area contributed by atoms with Crippen molar-refractivity contribution in [3.8, 4) is 11.5 Å². The predicted molar refractivity (Wildman–Crippen MR) is 138 cm³/mol. The van der Waals surface area contributed by atoms with Crippen molar-refractivity contribution in [1.29, 1.82) is 5.41 Å². The van der Waals surface area contributed by atoms with Crippen molar-refractivity contribution in [1.82, 2.24) is 15.5 Å². The Kier molecular flexibility index (Phi) is 7.96. The molecule has 2 aromatic carbocycles. The number of carbonyl (C=O) groups excluding carboxylic acids is 1. The van der Waals surface area contributed by atoms with E-state index < -0.39 is 5.54 Å². The fourth-order valence-electron chi connectivity index (χ4n) is 5.61. The Balaban J connectivity index is 1.41. The Labute approximate surface area is 208 Å². The summed E-state index contributed by atoms with van der Waals surface area (Å²) in [6.07, 6.45) is 6.67. The number of ether oxygens (including phenoxy) is 2. The minimum atomic E-state index is -0.701. The van der Waals surface area contributed by atoms with E-state index in [-0.39, 0.29) is 11.9 Å². The zero-order chi connectivity index (χ0) is 24.8.